The van der Waals surface area contributed by atoms with Crippen molar-refractivity contribution in [1.82, 2.24) is 15.5 Å². The Bertz CT molecular complexity index is 1100. The second-order valence-corrected chi connectivity index (χ2v) is 7.92. The van der Waals surface area contributed by atoms with E-state index in [9.17, 15) is 17.6 Å². The molecule has 1 aromatic heterocycles. The fourth-order valence-corrected chi connectivity index (χ4v) is 3.63. The van der Waals surface area contributed by atoms with Crippen molar-refractivity contribution in [3.8, 4) is 0 Å². The van der Waals surface area contributed by atoms with Gasteiger partial charge < -0.3 is 9.84 Å². The Balaban J connectivity index is 1.60. The maximum atomic E-state index is 13.0. The minimum atomic E-state index is -3.92. The first-order valence-corrected chi connectivity index (χ1v) is 10.3. The second-order valence-electron chi connectivity index (χ2n) is 6.24. The van der Waals surface area contributed by atoms with Crippen LogP contribution in [-0.2, 0) is 16.4 Å². The van der Waals surface area contributed by atoms with Gasteiger partial charge in [-0.2, -0.15) is 4.98 Å². The summed E-state index contributed by atoms with van der Waals surface area (Å²) in [6.45, 7) is 2.09. The molecule has 0 saturated carbocycles. The number of nitrogens with one attached hydrogen (secondary N) is 2. The first-order valence-electron chi connectivity index (χ1n) is 8.79. The van der Waals surface area contributed by atoms with Crippen LogP contribution < -0.4 is 10.0 Å². The molecule has 0 aliphatic carbocycles. The van der Waals surface area contributed by atoms with Crippen molar-refractivity contribution < 1.29 is 22.1 Å². The molecule has 0 bridgehead atoms. The van der Waals surface area contributed by atoms with E-state index in [0.29, 0.717) is 31.1 Å². The fraction of sp³-hybridized carbons (Fsp3) is 0.211. The number of rotatable bonds is 8. The average Bonchev–Trinajstić information content (AvgIpc) is 3.12. The molecule has 2 N–H and O–H groups in total. The summed E-state index contributed by atoms with van der Waals surface area (Å²) in [5.41, 5.74) is 0.429. The van der Waals surface area contributed by atoms with Crippen LogP contribution in [0.3, 0.4) is 0 Å². The first-order chi connectivity index (χ1) is 13.8. The Morgan fingerprint density at radius 3 is 2.62 bits per heavy atom. The molecule has 2 aromatic carbocycles. The lowest BCUT2D eigenvalue weighted by Gasteiger charge is -2.10. The lowest BCUT2D eigenvalue weighted by molar-refractivity contribution is 0.0952. The quantitative estimate of drug-likeness (QED) is 0.544. The fourth-order valence-electron chi connectivity index (χ4n) is 2.52. The Labute approximate surface area is 167 Å². The zero-order valence-electron chi connectivity index (χ0n) is 15.6. The van der Waals surface area contributed by atoms with E-state index in [1.54, 1.807) is 6.92 Å². The van der Waals surface area contributed by atoms with Gasteiger partial charge in [-0.25, -0.2) is 12.8 Å². The van der Waals surface area contributed by atoms with Crippen molar-refractivity contribution in [2.45, 2.75) is 24.7 Å². The molecule has 0 saturated heterocycles. The maximum absolute atomic E-state index is 13.0. The van der Waals surface area contributed by atoms with Gasteiger partial charge in [-0.1, -0.05) is 11.2 Å². The molecule has 3 aromatic rings. The number of halogens is 1. The van der Waals surface area contributed by atoms with Crippen LogP contribution in [0.1, 0.15) is 28.5 Å². The van der Waals surface area contributed by atoms with E-state index in [1.807, 2.05) is 0 Å². The van der Waals surface area contributed by atoms with Gasteiger partial charge in [-0.15, -0.1) is 0 Å². The molecule has 10 heteroatoms. The molecular weight excluding hydrogens is 399 g/mol. The van der Waals surface area contributed by atoms with Crippen LogP contribution in [0.2, 0.25) is 0 Å². The highest BCUT2D eigenvalue weighted by molar-refractivity contribution is 7.92. The van der Waals surface area contributed by atoms with E-state index < -0.39 is 21.7 Å². The van der Waals surface area contributed by atoms with Crippen molar-refractivity contribution in [2.24, 2.45) is 0 Å². The third-order valence-corrected chi connectivity index (χ3v) is 5.30. The highest BCUT2D eigenvalue weighted by Crippen LogP contribution is 2.17. The standard InChI is InChI=1S/C19H19FN4O4S/c1-13-22-18(28-23-13)6-3-11-21-19(25)14-4-2-5-17(12-14)29(26,27)24-16-9-7-15(20)8-10-16/h2,4-5,7-10,12,24H,3,6,11H2,1H3,(H,21,25). The normalized spacial score (nSPS) is 11.2. The summed E-state index contributed by atoms with van der Waals surface area (Å²) < 4.78 is 45.4. The van der Waals surface area contributed by atoms with Gasteiger partial charge in [0.2, 0.25) is 5.89 Å². The number of nitrogens with zero attached hydrogens (tertiary/aromatic N) is 2. The van der Waals surface area contributed by atoms with E-state index in [2.05, 4.69) is 20.2 Å². The average molecular weight is 418 g/mol. The Kier molecular flexibility index (Phi) is 6.23. The van der Waals surface area contributed by atoms with Gasteiger partial charge in [0.05, 0.1) is 4.90 Å². The number of anilines is 1. The predicted molar refractivity (Wildman–Crippen MR) is 103 cm³/mol. The molecule has 0 aliphatic rings. The van der Waals surface area contributed by atoms with Gasteiger partial charge in [-0.3, -0.25) is 9.52 Å². The minimum absolute atomic E-state index is 0.0733. The summed E-state index contributed by atoms with van der Waals surface area (Å²) in [4.78, 5) is 16.3. The lowest BCUT2D eigenvalue weighted by Crippen LogP contribution is -2.25. The van der Waals surface area contributed by atoms with Crippen LogP contribution in [-0.4, -0.2) is 31.0 Å². The van der Waals surface area contributed by atoms with Crippen LogP contribution >= 0.6 is 0 Å². The summed E-state index contributed by atoms with van der Waals surface area (Å²) in [6, 6.07) is 10.6. The molecule has 152 valence electrons. The Morgan fingerprint density at radius 2 is 1.93 bits per heavy atom. The van der Waals surface area contributed by atoms with E-state index in [1.165, 1.54) is 36.4 Å². The van der Waals surface area contributed by atoms with Crippen LogP contribution in [0.25, 0.3) is 0 Å². The number of amides is 1. The molecule has 29 heavy (non-hydrogen) atoms. The van der Waals surface area contributed by atoms with Crippen molar-refractivity contribution in [2.75, 3.05) is 11.3 Å². The van der Waals surface area contributed by atoms with Crippen LogP contribution in [0.4, 0.5) is 10.1 Å². The summed E-state index contributed by atoms with van der Waals surface area (Å²) in [5.74, 6) is 0.180. The highest BCUT2D eigenvalue weighted by Gasteiger charge is 2.16. The van der Waals surface area contributed by atoms with E-state index in [4.69, 9.17) is 4.52 Å². The number of benzene rings is 2. The number of aromatic nitrogens is 2. The third-order valence-electron chi connectivity index (χ3n) is 3.93. The SMILES string of the molecule is Cc1noc(CCCNC(=O)c2cccc(S(=O)(=O)Nc3ccc(F)cc3)c2)n1. The summed E-state index contributed by atoms with van der Waals surface area (Å²) in [5, 5.41) is 6.42. The minimum Gasteiger partial charge on any atom is -0.352 e. The van der Waals surface area contributed by atoms with Gasteiger partial charge in [0.15, 0.2) is 5.82 Å². The van der Waals surface area contributed by atoms with E-state index in [0.717, 1.165) is 12.1 Å². The summed E-state index contributed by atoms with van der Waals surface area (Å²) in [6.07, 6.45) is 1.12. The largest absolute Gasteiger partial charge is 0.352 e. The maximum Gasteiger partial charge on any atom is 0.261 e. The van der Waals surface area contributed by atoms with Gasteiger partial charge in [0.25, 0.3) is 15.9 Å². The number of carbonyl (C=O) groups is 1. The molecule has 1 amide bonds. The second kappa shape index (κ2) is 8.82. The molecule has 0 unspecified atom stereocenters. The van der Waals surface area contributed by atoms with Crippen molar-refractivity contribution in [1.29, 1.82) is 0 Å². The molecule has 0 aliphatic heterocycles. The van der Waals surface area contributed by atoms with Crippen molar-refractivity contribution in [3.05, 3.63) is 71.6 Å². The highest BCUT2D eigenvalue weighted by atomic mass is 32.2. The van der Waals surface area contributed by atoms with Gasteiger partial charge in [0.1, 0.15) is 5.82 Å². The van der Waals surface area contributed by atoms with E-state index >= 15 is 0 Å². The van der Waals surface area contributed by atoms with Crippen LogP contribution in [0, 0.1) is 12.7 Å². The van der Waals surface area contributed by atoms with Crippen molar-refractivity contribution >= 4 is 21.6 Å². The summed E-state index contributed by atoms with van der Waals surface area (Å²) in [7, 11) is -3.92. The molecule has 1 heterocycles. The summed E-state index contributed by atoms with van der Waals surface area (Å²) >= 11 is 0. The van der Waals surface area contributed by atoms with Crippen molar-refractivity contribution in [3.63, 3.8) is 0 Å². The predicted octanol–water partition coefficient (Wildman–Crippen LogP) is 2.68. The smallest absolute Gasteiger partial charge is 0.261 e. The lowest BCUT2D eigenvalue weighted by atomic mass is 10.2. The van der Waals surface area contributed by atoms with E-state index in [-0.39, 0.29) is 16.1 Å². The number of carbonyl (C=O) groups excluding carboxylic acids is 1. The van der Waals surface area contributed by atoms with Gasteiger partial charge in [-0.05, 0) is 55.8 Å². The number of sulfonamides is 1. The monoisotopic (exact) mass is 418 g/mol. The van der Waals surface area contributed by atoms with Gasteiger partial charge in [0, 0.05) is 24.2 Å². The Morgan fingerprint density at radius 1 is 1.17 bits per heavy atom. The third kappa shape index (κ3) is 5.61. The number of aryl methyl sites for hydroxylation is 2. The first kappa shape index (κ1) is 20.5. The zero-order valence-corrected chi connectivity index (χ0v) is 16.4. The molecule has 0 radical (unpaired) electrons. The molecule has 0 spiro atoms. The number of hydrogen-bond donors (Lipinski definition) is 2. The molecule has 8 nitrogen and oxygen atoms in total. The van der Waals surface area contributed by atoms with Gasteiger partial charge >= 0.3 is 0 Å². The topological polar surface area (TPSA) is 114 Å². The zero-order chi connectivity index (χ0) is 20.9. The number of hydrogen-bond acceptors (Lipinski definition) is 6. The molecule has 0 fully saturated rings. The van der Waals surface area contributed by atoms with Crippen LogP contribution in [0.15, 0.2) is 57.9 Å². The molecule has 0 atom stereocenters. The molecular formula is C19H19FN4O4S. The van der Waals surface area contributed by atoms with Crippen LogP contribution in [0.5, 0.6) is 0 Å². The molecule has 3 rings (SSSR count). The Hall–Kier alpha value is -3.27.